The third-order valence-electron chi connectivity index (χ3n) is 10.1. The first-order valence-electron chi connectivity index (χ1n) is 11.9. The topological polar surface area (TPSA) is 60.7 Å². The molecular formula is C24H42O3. The third-order valence-corrected chi connectivity index (χ3v) is 10.1. The molecular weight excluding hydrogens is 336 g/mol. The van der Waals surface area contributed by atoms with Crippen LogP contribution in [0.3, 0.4) is 0 Å². The number of hydrogen-bond acceptors (Lipinski definition) is 3. The van der Waals surface area contributed by atoms with Crippen molar-refractivity contribution >= 4 is 0 Å². The van der Waals surface area contributed by atoms with E-state index in [1.165, 1.54) is 38.5 Å². The van der Waals surface area contributed by atoms with Crippen molar-refractivity contribution < 1.29 is 15.3 Å². The molecule has 4 aliphatic carbocycles. The highest BCUT2D eigenvalue weighted by Gasteiger charge is 2.62. The average Bonchev–Trinajstić information content (AvgIpc) is 2.97. The van der Waals surface area contributed by atoms with Gasteiger partial charge in [-0.3, -0.25) is 0 Å². The summed E-state index contributed by atoms with van der Waals surface area (Å²) in [6, 6.07) is 0. The standard InChI is InChI=1S/C24H42O3/c1-23-12-10-20-22(19(23)8-7-16(23)6-4-3-5-13-25)21(27)15-17-14-18(26)9-11-24(17,20)2/h16-22,25-27H,3-15H2,1-2H3. The SMILES string of the molecule is CC12CCC3C(C(O)CC4CC(O)CCC43C)C1CCC2CCCCCO. The molecule has 4 rings (SSSR count). The van der Waals surface area contributed by atoms with Gasteiger partial charge in [0.2, 0.25) is 0 Å². The second-order valence-electron chi connectivity index (χ2n) is 11.1. The van der Waals surface area contributed by atoms with E-state index in [2.05, 4.69) is 13.8 Å². The van der Waals surface area contributed by atoms with Crippen LogP contribution in [0.5, 0.6) is 0 Å². The Hall–Kier alpha value is -0.120. The molecule has 0 amide bonds. The summed E-state index contributed by atoms with van der Waals surface area (Å²) in [5.74, 6) is 3.16. The van der Waals surface area contributed by atoms with Crippen molar-refractivity contribution in [2.24, 2.45) is 40.4 Å². The molecule has 3 heteroatoms. The number of rotatable bonds is 5. The quantitative estimate of drug-likeness (QED) is 0.616. The number of fused-ring (bicyclic) bond motifs is 5. The first-order chi connectivity index (χ1) is 12.9. The van der Waals surface area contributed by atoms with E-state index in [4.69, 9.17) is 5.11 Å². The highest BCUT2D eigenvalue weighted by molar-refractivity contribution is 5.11. The Morgan fingerprint density at radius 3 is 2.33 bits per heavy atom. The molecule has 0 aliphatic heterocycles. The lowest BCUT2D eigenvalue weighted by Gasteiger charge is -2.62. The van der Waals surface area contributed by atoms with E-state index in [0.29, 0.717) is 41.1 Å². The summed E-state index contributed by atoms with van der Waals surface area (Å²) in [6.07, 6.45) is 13.6. The van der Waals surface area contributed by atoms with Crippen LogP contribution in [-0.2, 0) is 0 Å². The summed E-state index contributed by atoms with van der Waals surface area (Å²) in [5.41, 5.74) is 0.752. The lowest BCUT2D eigenvalue weighted by molar-refractivity contribution is -0.172. The summed E-state index contributed by atoms with van der Waals surface area (Å²) >= 11 is 0. The maximum absolute atomic E-state index is 11.2. The first kappa shape index (κ1) is 20.2. The Kier molecular flexibility index (Phi) is 5.68. The zero-order valence-corrected chi connectivity index (χ0v) is 17.6. The first-order valence-corrected chi connectivity index (χ1v) is 11.9. The molecule has 0 bridgehead atoms. The summed E-state index contributed by atoms with van der Waals surface area (Å²) < 4.78 is 0. The van der Waals surface area contributed by atoms with Crippen LogP contribution < -0.4 is 0 Å². The van der Waals surface area contributed by atoms with Crippen molar-refractivity contribution in [2.45, 2.75) is 103 Å². The van der Waals surface area contributed by atoms with E-state index in [0.717, 1.165) is 44.4 Å². The van der Waals surface area contributed by atoms with Crippen molar-refractivity contribution in [3.05, 3.63) is 0 Å². The number of aliphatic hydroxyl groups is 3. The normalized spacial score (nSPS) is 52.1. The summed E-state index contributed by atoms with van der Waals surface area (Å²) in [4.78, 5) is 0. The minimum absolute atomic E-state index is 0.143. The molecule has 0 heterocycles. The predicted octanol–water partition coefficient (Wildman–Crippen LogP) is 4.53. The van der Waals surface area contributed by atoms with Crippen LogP contribution in [0.1, 0.15) is 90.9 Å². The van der Waals surface area contributed by atoms with Crippen LogP contribution >= 0.6 is 0 Å². The molecule has 0 aromatic rings. The molecule has 0 radical (unpaired) electrons. The van der Waals surface area contributed by atoms with E-state index in [1.54, 1.807) is 0 Å². The highest BCUT2D eigenvalue weighted by Crippen LogP contribution is 2.67. The summed E-state index contributed by atoms with van der Waals surface area (Å²) in [7, 11) is 0. The molecule has 156 valence electrons. The van der Waals surface area contributed by atoms with Crippen molar-refractivity contribution in [2.75, 3.05) is 6.61 Å². The van der Waals surface area contributed by atoms with E-state index < -0.39 is 0 Å². The summed E-state index contributed by atoms with van der Waals surface area (Å²) in [6.45, 7) is 5.37. The van der Waals surface area contributed by atoms with Gasteiger partial charge in [-0.25, -0.2) is 0 Å². The molecule has 0 saturated heterocycles. The lowest BCUT2D eigenvalue weighted by atomic mass is 9.44. The number of aliphatic hydroxyl groups excluding tert-OH is 3. The Bertz CT molecular complexity index is 522. The van der Waals surface area contributed by atoms with Gasteiger partial charge in [-0.2, -0.15) is 0 Å². The summed E-state index contributed by atoms with van der Waals surface area (Å²) in [5, 5.41) is 30.5. The third kappa shape index (κ3) is 3.30. The molecule has 0 spiro atoms. The highest BCUT2D eigenvalue weighted by atomic mass is 16.3. The zero-order valence-electron chi connectivity index (χ0n) is 17.6. The number of hydrogen-bond donors (Lipinski definition) is 3. The molecule has 9 unspecified atom stereocenters. The van der Waals surface area contributed by atoms with Gasteiger partial charge in [0.05, 0.1) is 12.2 Å². The van der Waals surface area contributed by atoms with Crippen molar-refractivity contribution in [1.29, 1.82) is 0 Å². The van der Waals surface area contributed by atoms with Crippen molar-refractivity contribution in [1.82, 2.24) is 0 Å². The molecule has 3 N–H and O–H groups in total. The molecule has 4 fully saturated rings. The van der Waals surface area contributed by atoms with Gasteiger partial charge in [-0.05, 0) is 105 Å². The average molecular weight is 379 g/mol. The van der Waals surface area contributed by atoms with Gasteiger partial charge in [-0.1, -0.05) is 26.7 Å². The fraction of sp³-hybridized carbons (Fsp3) is 1.00. The minimum Gasteiger partial charge on any atom is -0.396 e. The van der Waals surface area contributed by atoms with Crippen molar-refractivity contribution in [3.8, 4) is 0 Å². The Labute approximate surface area is 165 Å². The smallest absolute Gasteiger partial charge is 0.0577 e. The van der Waals surface area contributed by atoms with Crippen LogP contribution in [0.15, 0.2) is 0 Å². The van der Waals surface area contributed by atoms with Gasteiger partial charge in [0.25, 0.3) is 0 Å². The van der Waals surface area contributed by atoms with Gasteiger partial charge in [0, 0.05) is 6.61 Å². The van der Waals surface area contributed by atoms with Gasteiger partial charge >= 0.3 is 0 Å². The molecule has 4 saturated carbocycles. The second kappa shape index (κ2) is 7.61. The van der Waals surface area contributed by atoms with Crippen LogP contribution in [0.25, 0.3) is 0 Å². The van der Waals surface area contributed by atoms with Gasteiger partial charge in [0.15, 0.2) is 0 Å². The predicted molar refractivity (Wildman–Crippen MR) is 108 cm³/mol. The molecule has 0 aromatic heterocycles. The van der Waals surface area contributed by atoms with E-state index in [1.807, 2.05) is 0 Å². The molecule has 3 nitrogen and oxygen atoms in total. The second-order valence-corrected chi connectivity index (χ2v) is 11.1. The van der Waals surface area contributed by atoms with Crippen LogP contribution in [-0.4, -0.2) is 34.1 Å². The Morgan fingerprint density at radius 1 is 0.815 bits per heavy atom. The molecule has 27 heavy (non-hydrogen) atoms. The largest absolute Gasteiger partial charge is 0.396 e. The fourth-order valence-corrected chi connectivity index (χ4v) is 8.46. The van der Waals surface area contributed by atoms with Crippen LogP contribution in [0, 0.1) is 40.4 Å². The monoisotopic (exact) mass is 378 g/mol. The number of unbranched alkanes of at least 4 members (excludes halogenated alkanes) is 2. The van der Waals surface area contributed by atoms with Crippen molar-refractivity contribution in [3.63, 3.8) is 0 Å². The van der Waals surface area contributed by atoms with Gasteiger partial charge < -0.3 is 15.3 Å². The maximum Gasteiger partial charge on any atom is 0.0577 e. The molecule has 4 aliphatic rings. The van der Waals surface area contributed by atoms with E-state index in [-0.39, 0.29) is 12.2 Å². The van der Waals surface area contributed by atoms with Gasteiger partial charge in [0.1, 0.15) is 0 Å². The maximum atomic E-state index is 11.2. The van der Waals surface area contributed by atoms with Crippen LogP contribution in [0.2, 0.25) is 0 Å². The molecule has 0 aromatic carbocycles. The van der Waals surface area contributed by atoms with E-state index in [9.17, 15) is 10.2 Å². The fourth-order valence-electron chi connectivity index (χ4n) is 8.46. The lowest BCUT2D eigenvalue weighted by Crippen LogP contribution is -2.58. The Balaban J connectivity index is 1.50. The van der Waals surface area contributed by atoms with Crippen LogP contribution in [0.4, 0.5) is 0 Å². The zero-order chi connectivity index (χ0) is 19.2. The molecule has 9 atom stereocenters. The Morgan fingerprint density at radius 2 is 1.56 bits per heavy atom. The van der Waals surface area contributed by atoms with Gasteiger partial charge in [-0.15, -0.1) is 0 Å². The minimum atomic E-state index is -0.156. The van der Waals surface area contributed by atoms with E-state index >= 15 is 0 Å².